The molecule has 0 N–H and O–H groups in total. The standard InChI is InChI=1S/C32H35FN2O3/c1-34(2)28-17-15-24(16-18-28)26-13-14-27(30(33)21-26)22-35(32(37)25-9-5-4-6-10-25)29-11-7-8-23(20-29)12-19-31(36)38-3/h7-8,11-21,25H,4-6,9-10,22H2,1-3H3/b19-12+. The van der Waals surface area contributed by atoms with Crippen LogP contribution >= 0.6 is 0 Å². The zero-order valence-electron chi connectivity index (χ0n) is 22.3. The summed E-state index contributed by atoms with van der Waals surface area (Å²) in [6.07, 6.45) is 7.89. The van der Waals surface area contributed by atoms with Crippen LogP contribution < -0.4 is 9.80 Å². The summed E-state index contributed by atoms with van der Waals surface area (Å²) in [7, 11) is 5.29. The van der Waals surface area contributed by atoms with Crippen molar-refractivity contribution in [2.24, 2.45) is 5.92 Å². The van der Waals surface area contributed by atoms with E-state index in [1.54, 1.807) is 23.1 Å². The maximum atomic E-state index is 15.4. The van der Waals surface area contributed by atoms with E-state index in [0.29, 0.717) is 11.3 Å². The van der Waals surface area contributed by atoms with Gasteiger partial charge in [-0.25, -0.2) is 9.18 Å². The number of benzene rings is 3. The molecule has 5 nitrogen and oxygen atoms in total. The van der Waals surface area contributed by atoms with Crippen molar-refractivity contribution in [2.75, 3.05) is 31.0 Å². The largest absolute Gasteiger partial charge is 0.466 e. The third-order valence-electron chi connectivity index (χ3n) is 7.11. The zero-order chi connectivity index (χ0) is 27.1. The fourth-order valence-electron chi connectivity index (χ4n) is 4.87. The van der Waals surface area contributed by atoms with Gasteiger partial charge >= 0.3 is 5.97 Å². The van der Waals surface area contributed by atoms with Crippen molar-refractivity contribution in [1.29, 1.82) is 0 Å². The number of amides is 1. The first-order valence-corrected chi connectivity index (χ1v) is 13.1. The van der Waals surface area contributed by atoms with Gasteiger partial charge in [-0.2, -0.15) is 0 Å². The summed E-state index contributed by atoms with van der Waals surface area (Å²) in [6.45, 7) is 0.130. The van der Waals surface area contributed by atoms with Crippen molar-refractivity contribution < 1.29 is 18.7 Å². The molecule has 0 heterocycles. The van der Waals surface area contributed by atoms with Gasteiger partial charge in [0.2, 0.25) is 5.91 Å². The summed E-state index contributed by atoms with van der Waals surface area (Å²) in [5.74, 6) is -0.858. The van der Waals surface area contributed by atoms with E-state index in [2.05, 4.69) is 4.74 Å². The summed E-state index contributed by atoms with van der Waals surface area (Å²) in [6, 6.07) is 20.6. The second-order valence-corrected chi connectivity index (χ2v) is 9.96. The highest BCUT2D eigenvalue weighted by molar-refractivity contribution is 5.95. The quantitative estimate of drug-likeness (QED) is 0.243. The van der Waals surface area contributed by atoms with Crippen molar-refractivity contribution in [2.45, 2.75) is 38.6 Å². The summed E-state index contributed by atoms with van der Waals surface area (Å²) in [5, 5.41) is 0. The minimum atomic E-state index is -0.455. The summed E-state index contributed by atoms with van der Waals surface area (Å²) < 4.78 is 20.1. The Balaban J connectivity index is 1.63. The van der Waals surface area contributed by atoms with Crippen LogP contribution in [0.4, 0.5) is 15.8 Å². The lowest BCUT2D eigenvalue weighted by molar-refractivity contribution is -0.134. The van der Waals surface area contributed by atoms with Crippen LogP contribution in [0.2, 0.25) is 0 Å². The maximum Gasteiger partial charge on any atom is 0.330 e. The van der Waals surface area contributed by atoms with Crippen LogP contribution in [0.5, 0.6) is 0 Å². The molecule has 0 aromatic heterocycles. The SMILES string of the molecule is COC(=O)/C=C/c1cccc(N(Cc2ccc(-c3ccc(N(C)C)cc3)cc2F)C(=O)C2CCCCC2)c1. The van der Waals surface area contributed by atoms with Crippen molar-refractivity contribution >= 4 is 29.3 Å². The Kier molecular flexibility index (Phi) is 8.95. The smallest absolute Gasteiger partial charge is 0.330 e. The lowest BCUT2D eigenvalue weighted by Gasteiger charge is -2.30. The molecule has 38 heavy (non-hydrogen) atoms. The molecule has 1 fully saturated rings. The van der Waals surface area contributed by atoms with Gasteiger partial charge in [-0.1, -0.05) is 55.7 Å². The van der Waals surface area contributed by atoms with E-state index in [9.17, 15) is 9.59 Å². The molecule has 3 aromatic carbocycles. The maximum absolute atomic E-state index is 15.4. The first-order chi connectivity index (χ1) is 18.4. The number of halogens is 1. The van der Waals surface area contributed by atoms with Gasteiger partial charge in [0, 0.05) is 43.0 Å². The monoisotopic (exact) mass is 514 g/mol. The lowest BCUT2D eigenvalue weighted by Crippen LogP contribution is -2.37. The van der Waals surface area contributed by atoms with E-state index >= 15 is 4.39 Å². The fraction of sp³-hybridized carbons (Fsp3) is 0.312. The van der Waals surface area contributed by atoms with E-state index in [1.165, 1.54) is 13.2 Å². The number of rotatable bonds is 8. The Labute approximate surface area is 224 Å². The number of nitrogens with zero attached hydrogens (tertiary/aromatic N) is 2. The van der Waals surface area contributed by atoms with Gasteiger partial charge in [0.1, 0.15) is 5.82 Å². The Hall–Kier alpha value is -3.93. The van der Waals surface area contributed by atoms with E-state index < -0.39 is 5.97 Å². The van der Waals surface area contributed by atoms with Crippen molar-refractivity contribution in [3.63, 3.8) is 0 Å². The van der Waals surface area contributed by atoms with Gasteiger partial charge in [0.05, 0.1) is 13.7 Å². The van der Waals surface area contributed by atoms with Crippen molar-refractivity contribution in [1.82, 2.24) is 0 Å². The third-order valence-corrected chi connectivity index (χ3v) is 7.11. The Bertz CT molecular complexity index is 1290. The first kappa shape index (κ1) is 27.1. The van der Waals surface area contributed by atoms with Crippen LogP contribution in [0.1, 0.15) is 43.2 Å². The molecule has 1 saturated carbocycles. The van der Waals surface area contributed by atoms with Crippen molar-refractivity contribution in [3.05, 3.63) is 89.8 Å². The summed E-state index contributed by atoms with van der Waals surface area (Å²) in [5.41, 5.74) is 4.68. The van der Waals surface area contributed by atoms with E-state index in [4.69, 9.17) is 0 Å². The summed E-state index contributed by atoms with van der Waals surface area (Å²) in [4.78, 5) is 29.0. The molecule has 0 bridgehead atoms. The first-order valence-electron chi connectivity index (χ1n) is 13.1. The molecule has 198 valence electrons. The molecule has 1 aliphatic rings. The average Bonchev–Trinajstić information content (AvgIpc) is 2.95. The van der Waals surface area contributed by atoms with Crippen LogP contribution in [0.3, 0.4) is 0 Å². The highest BCUT2D eigenvalue weighted by atomic mass is 19.1. The number of carbonyl (C=O) groups is 2. The zero-order valence-corrected chi connectivity index (χ0v) is 22.3. The lowest BCUT2D eigenvalue weighted by atomic mass is 9.88. The number of hydrogen-bond donors (Lipinski definition) is 0. The molecule has 1 amide bonds. The topological polar surface area (TPSA) is 49.9 Å². The molecule has 6 heteroatoms. The molecule has 3 aromatic rings. The molecule has 0 atom stereocenters. The second kappa shape index (κ2) is 12.5. The number of esters is 1. The number of methoxy groups -OCH3 is 1. The molecule has 0 aliphatic heterocycles. The van der Waals surface area contributed by atoms with Gasteiger partial charge in [0.15, 0.2) is 0 Å². The molecule has 4 rings (SSSR count). The second-order valence-electron chi connectivity index (χ2n) is 9.96. The fourth-order valence-corrected chi connectivity index (χ4v) is 4.87. The van der Waals surface area contributed by atoms with Crippen LogP contribution in [0, 0.1) is 11.7 Å². The van der Waals surface area contributed by atoms with Gasteiger partial charge in [-0.15, -0.1) is 0 Å². The van der Waals surface area contributed by atoms with Crippen LogP contribution in [0.25, 0.3) is 17.2 Å². The van der Waals surface area contributed by atoms with Crippen LogP contribution in [0.15, 0.2) is 72.8 Å². The van der Waals surface area contributed by atoms with Gasteiger partial charge in [-0.05, 0) is 65.9 Å². The summed E-state index contributed by atoms with van der Waals surface area (Å²) >= 11 is 0. The van der Waals surface area contributed by atoms with E-state index in [1.807, 2.05) is 73.6 Å². The molecule has 0 spiro atoms. The molecule has 0 saturated heterocycles. The minimum Gasteiger partial charge on any atom is -0.466 e. The molecule has 0 unspecified atom stereocenters. The predicted octanol–water partition coefficient (Wildman–Crippen LogP) is 6.86. The number of hydrogen-bond acceptors (Lipinski definition) is 4. The molecule has 0 radical (unpaired) electrons. The molecular formula is C32H35FN2O3. The Morgan fingerprint density at radius 2 is 1.63 bits per heavy atom. The average molecular weight is 515 g/mol. The normalized spacial score (nSPS) is 13.9. The van der Waals surface area contributed by atoms with E-state index in [-0.39, 0.29) is 24.2 Å². The highest BCUT2D eigenvalue weighted by Gasteiger charge is 2.28. The van der Waals surface area contributed by atoms with Crippen molar-refractivity contribution in [3.8, 4) is 11.1 Å². The molecular weight excluding hydrogens is 479 g/mol. The van der Waals surface area contributed by atoms with Crippen LogP contribution in [-0.4, -0.2) is 33.1 Å². The third kappa shape index (κ3) is 6.68. The predicted molar refractivity (Wildman–Crippen MR) is 151 cm³/mol. The minimum absolute atomic E-state index is 0.0153. The van der Waals surface area contributed by atoms with Gasteiger partial charge < -0.3 is 14.5 Å². The van der Waals surface area contributed by atoms with Gasteiger partial charge in [-0.3, -0.25) is 4.79 Å². The Morgan fingerprint density at radius 3 is 2.29 bits per heavy atom. The van der Waals surface area contributed by atoms with Crippen LogP contribution in [-0.2, 0) is 20.9 Å². The highest BCUT2D eigenvalue weighted by Crippen LogP contribution is 2.31. The number of ether oxygens (including phenoxy) is 1. The van der Waals surface area contributed by atoms with Gasteiger partial charge in [0.25, 0.3) is 0 Å². The van der Waals surface area contributed by atoms with E-state index in [0.717, 1.165) is 54.5 Å². The molecule has 1 aliphatic carbocycles. The number of carbonyl (C=O) groups excluding carboxylic acids is 2. The number of anilines is 2. The Morgan fingerprint density at radius 1 is 0.921 bits per heavy atom.